The molecule has 0 bridgehead atoms. The maximum absolute atomic E-state index is 10.1. The van der Waals surface area contributed by atoms with Gasteiger partial charge in [0.05, 0.1) is 12.7 Å². The molecule has 1 heterocycles. The Morgan fingerprint density at radius 3 is 3.08 bits per heavy atom. The van der Waals surface area contributed by atoms with Crippen molar-refractivity contribution in [3.05, 3.63) is 12.2 Å². The highest BCUT2D eigenvalue weighted by Gasteiger charge is 2.14. The predicted octanol–water partition coefficient (Wildman–Crippen LogP) is 1.17. The van der Waals surface area contributed by atoms with E-state index in [2.05, 4.69) is 0 Å². The standard InChI is InChI=1S/C9H14O4/c10-9(11)5-3-1-2-4-8-6-12-7-13-8/h3,5,8H,1-2,4,6-7H2,(H,10,11). The summed E-state index contributed by atoms with van der Waals surface area (Å²) in [6, 6.07) is 0. The number of hydrogen-bond acceptors (Lipinski definition) is 3. The van der Waals surface area contributed by atoms with Crippen LogP contribution >= 0.6 is 0 Å². The molecule has 1 aliphatic rings. The number of carbonyl (C=O) groups is 1. The zero-order valence-corrected chi connectivity index (χ0v) is 7.44. The number of rotatable bonds is 5. The summed E-state index contributed by atoms with van der Waals surface area (Å²) < 4.78 is 10.2. The molecule has 0 aliphatic carbocycles. The Morgan fingerprint density at radius 1 is 1.62 bits per heavy atom. The molecule has 1 rings (SSSR count). The summed E-state index contributed by atoms with van der Waals surface area (Å²) in [5.41, 5.74) is 0. The molecule has 1 fully saturated rings. The SMILES string of the molecule is O=C(O)C=CCCCC1COCO1. The maximum atomic E-state index is 10.1. The van der Waals surface area contributed by atoms with Crippen molar-refractivity contribution in [2.24, 2.45) is 0 Å². The average Bonchev–Trinajstić information content (AvgIpc) is 2.55. The van der Waals surface area contributed by atoms with Gasteiger partial charge in [0.25, 0.3) is 0 Å². The summed E-state index contributed by atoms with van der Waals surface area (Å²) >= 11 is 0. The molecule has 0 saturated carbocycles. The fourth-order valence-corrected chi connectivity index (χ4v) is 1.19. The fraction of sp³-hybridized carbons (Fsp3) is 0.667. The van der Waals surface area contributed by atoms with E-state index in [-0.39, 0.29) is 6.10 Å². The van der Waals surface area contributed by atoms with Gasteiger partial charge >= 0.3 is 5.97 Å². The van der Waals surface area contributed by atoms with Crippen LogP contribution in [0.1, 0.15) is 19.3 Å². The number of carboxylic acids is 1. The van der Waals surface area contributed by atoms with Gasteiger partial charge in [-0.25, -0.2) is 4.79 Å². The second-order valence-corrected chi connectivity index (χ2v) is 2.95. The van der Waals surface area contributed by atoms with Gasteiger partial charge in [0.1, 0.15) is 6.79 Å². The van der Waals surface area contributed by atoms with Crippen molar-refractivity contribution >= 4 is 5.97 Å². The first kappa shape index (κ1) is 10.2. The van der Waals surface area contributed by atoms with Gasteiger partial charge in [-0.3, -0.25) is 0 Å². The Bertz CT molecular complexity index is 182. The topological polar surface area (TPSA) is 55.8 Å². The summed E-state index contributed by atoms with van der Waals surface area (Å²) in [4.78, 5) is 10.1. The molecule has 1 saturated heterocycles. The second kappa shape index (κ2) is 5.72. The summed E-state index contributed by atoms with van der Waals surface area (Å²) in [5.74, 6) is -0.888. The molecule has 1 unspecified atom stereocenters. The number of allylic oxidation sites excluding steroid dienone is 1. The summed E-state index contributed by atoms with van der Waals surface area (Å²) in [7, 11) is 0. The average molecular weight is 186 g/mol. The first-order valence-electron chi connectivity index (χ1n) is 4.38. The van der Waals surface area contributed by atoms with Crippen LogP contribution in [0.4, 0.5) is 0 Å². The van der Waals surface area contributed by atoms with Gasteiger partial charge in [0, 0.05) is 6.08 Å². The number of carboxylic acid groups (broad SMARTS) is 1. The van der Waals surface area contributed by atoms with E-state index < -0.39 is 5.97 Å². The highest BCUT2D eigenvalue weighted by molar-refractivity contribution is 5.79. The summed E-state index contributed by atoms with van der Waals surface area (Å²) in [5, 5.41) is 8.29. The molecule has 74 valence electrons. The quantitative estimate of drug-likeness (QED) is 0.517. The largest absolute Gasteiger partial charge is 0.478 e. The third-order valence-electron chi connectivity index (χ3n) is 1.85. The van der Waals surface area contributed by atoms with E-state index in [1.165, 1.54) is 6.08 Å². The molecule has 1 atom stereocenters. The number of hydrogen-bond donors (Lipinski definition) is 1. The lowest BCUT2D eigenvalue weighted by molar-refractivity contribution is -0.131. The minimum Gasteiger partial charge on any atom is -0.478 e. The Morgan fingerprint density at radius 2 is 2.46 bits per heavy atom. The third kappa shape index (κ3) is 4.65. The van der Waals surface area contributed by atoms with Crippen molar-refractivity contribution < 1.29 is 19.4 Å². The molecule has 13 heavy (non-hydrogen) atoms. The monoisotopic (exact) mass is 186 g/mol. The molecule has 4 nitrogen and oxygen atoms in total. The lowest BCUT2D eigenvalue weighted by atomic mass is 10.1. The summed E-state index contributed by atoms with van der Waals surface area (Å²) in [6.07, 6.45) is 5.70. The van der Waals surface area contributed by atoms with Crippen LogP contribution in [0.25, 0.3) is 0 Å². The Balaban J connectivity index is 1.97. The van der Waals surface area contributed by atoms with Crippen LogP contribution in [0.5, 0.6) is 0 Å². The molecule has 1 aliphatic heterocycles. The molecule has 4 heteroatoms. The van der Waals surface area contributed by atoms with Crippen molar-refractivity contribution in [1.82, 2.24) is 0 Å². The van der Waals surface area contributed by atoms with Gasteiger partial charge in [-0.2, -0.15) is 0 Å². The molecule has 0 radical (unpaired) electrons. The van der Waals surface area contributed by atoms with E-state index >= 15 is 0 Å². The summed E-state index contributed by atoms with van der Waals surface area (Å²) in [6.45, 7) is 1.07. The van der Waals surface area contributed by atoms with E-state index in [1.807, 2.05) is 0 Å². The minimum absolute atomic E-state index is 0.207. The van der Waals surface area contributed by atoms with Crippen molar-refractivity contribution in [3.8, 4) is 0 Å². The molecule has 0 amide bonds. The molecule has 1 N–H and O–H groups in total. The van der Waals surface area contributed by atoms with Gasteiger partial charge in [-0.1, -0.05) is 6.08 Å². The maximum Gasteiger partial charge on any atom is 0.327 e. The highest BCUT2D eigenvalue weighted by Crippen LogP contribution is 2.10. The van der Waals surface area contributed by atoms with Crippen LogP contribution in [0.3, 0.4) is 0 Å². The third-order valence-corrected chi connectivity index (χ3v) is 1.85. The van der Waals surface area contributed by atoms with Gasteiger partial charge in [-0.15, -0.1) is 0 Å². The van der Waals surface area contributed by atoms with Gasteiger partial charge in [0.2, 0.25) is 0 Å². The van der Waals surface area contributed by atoms with E-state index in [1.54, 1.807) is 6.08 Å². The number of unbranched alkanes of at least 4 members (excludes halogenated alkanes) is 1. The first-order valence-corrected chi connectivity index (χ1v) is 4.38. The van der Waals surface area contributed by atoms with Crippen LogP contribution in [0.2, 0.25) is 0 Å². The van der Waals surface area contributed by atoms with Crippen molar-refractivity contribution in [2.45, 2.75) is 25.4 Å². The van der Waals surface area contributed by atoms with Crippen molar-refractivity contribution in [2.75, 3.05) is 13.4 Å². The van der Waals surface area contributed by atoms with Gasteiger partial charge in [0.15, 0.2) is 0 Å². The number of aliphatic carboxylic acids is 1. The fourth-order valence-electron chi connectivity index (χ4n) is 1.19. The van der Waals surface area contributed by atoms with Crippen LogP contribution < -0.4 is 0 Å². The van der Waals surface area contributed by atoms with Crippen LogP contribution in [-0.4, -0.2) is 30.6 Å². The molecule has 0 aromatic heterocycles. The first-order chi connectivity index (χ1) is 6.29. The highest BCUT2D eigenvalue weighted by atomic mass is 16.7. The van der Waals surface area contributed by atoms with E-state index in [0.717, 1.165) is 19.3 Å². The van der Waals surface area contributed by atoms with E-state index in [4.69, 9.17) is 14.6 Å². The molecule has 0 aromatic rings. The Kier molecular flexibility index (Phi) is 4.49. The van der Waals surface area contributed by atoms with E-state index in [9.17, 15) is 4.79 Å². The lowest BCUT2D eigenvalue weighted by Gasteiger charge is -2.04. The molecular formula is C9H14O4. The zero-order valence-electron chi connectivity index (χ0n) is 7.44. The Hall–Kier alpha value is -0.870. The van der Waals surface area contributed by atoms with Crippen LogP contribution in [-0.2, 0) is 14.3 Å². The molecule has 0 spiro atoms. The Labute approximate surface area is 77.1 Å². The molecular weight excluding hydrogens is 172 g/mol. The van der Waals surface area contributed by atoms with Gasteiger partial charge in [-0.05, 0) is 19.3 Å². The molecule has 0 aromatic carbocycles. The predicted molar refractivity (Wildman–Crippen MR) is 46.3 cm³/mol. The normalized spacial score (nSPS) is 22.6. The van der Waals surface area contributed by atoms with E-state index in [0.29, 0.717) is 13.4 Å². The van der Waals surface area contributed by atoms with Crippen LogP contribution in [0.15, 0.2) is 12.2 Å². The van der Waals surface area contributed by atoms with Crippen molar-refractivity contribution in [3.63, 3.8) is 0 Å². The van der Waals surface area contributed by atoms with Gasteiger partial charge < -0.3 is 14.6 Å². The number of ether oxygens (including phenoxy) is 2. The van der Waals surface area contributed by atoms with Crippen molar-refractivity contribution in [1.29, 1.82) is 0 Å². The minimum atomic E-state index is -0.888. The van der Waals surface area contributed by atoms with Crippen LogP contribution in [0, 0.1) is 0 Å². The smallest absolute Gasteiger partial charge is 0.327 e. The zero-order chi connectivity index (χ0) is 9.52. The lowest BCUT2D eigenvalue weighted by Crippen LogP contribution is -2.08. The second-order valence-electron chi connectivity index (χ2n) is 2.95.